The third-order valence-electron chi connectivity index (χ3n) is 3.07. The molecular formula is C17H21N3O. The van der Waals surface area contributed by atoms with Gasteiger partial charge in [0.2, 0.25) is 0 Å². The van der Waals surface area contributed by atoms with Gasteiger partial charge < -0.3 is 10.2 Å². The van der Waals surface area contributed by atoms with Crippen LogP contribution in [0, 0.1) is 0 Å². The van der Waals surface area contributed by atoms with E-state index in [0.29, 0.717) is 12.1 Å². The quantitative estimate of drug-likeness (QED) is 0.916. The van der Waals surface area contributed by atoms with Crippen LogP contribution < -0.4 is 5.32 Å². The monoisotopic (exact) mass is 283 g/mol. The Morgan fingerprint density at radius 1 is 1.19 bits per heavy atom. The average molecular weight is 283 g/mol. The van der Waals surface area contributed by atoms with Crippen molar-refractivity contribution >= 4 is 11.6 Å². The zero-order valence-corrected chi connectivity index (χ0v) is 12.7. The molecule has 2 rings (SSSR count). The van der Waals surface area contributed by atoms with E-state index in [1.807, 2.05) is 42.5 Å². The van der Waals surface area contributed by atoms with Gasteiger partial charge in [0.25, 0.3) is 5.91 Å². The first kappa shape index (κ1) is 15.0. The molecule has 0 bridgehead atoms. The molecule has 0 fully saturated rings. The minimum absolute atomic E-state index is 0.00981. The van der Waals surface area contributed by atoms with Crippen LogP contribution in [0.5, 0.6) is 0 Å². The fourth-order valence-electron chi connectivity index (χ4n) is 2.12. The Labute approximate surface area is 125 Å². The molecule has 2 aromatic rings. The molecule has 0 spiro atoms. The largest absolute Gasteiger partial charge is 0.382 e. The lowest BCUT2D eigenvalue weighted by atomic mass is 10.1. The van der Waals surface area contributed by atoms with Crippen LogP contribution >= 0.6 is 0 Å². The second-order valence-electron chi connectivity index (χ2n) is 5.33. The van der Waals surface area contributed by atoms with Crippen molar-refractivity contribution in [2.45, 2.75) is 26.4 Å². The Morgan fingerprint density at radius 3 is 2.57 bits per heavy atom. The smallest absolute Gasteiger partial charge is 0.256 e. The molecule has 110 valence electrons. The van der Waals surface area contributed by atoms with Gasteiger partial charge in [0, 0.05) is 25.0 Å². The van der Waals surface area contributed by atoms with Gasteiger partial charge in [-0.15, -0.1) is 0 Å². The van der Waals surface area contributed by atoms with Crippen molar-refractivity contribution in [1.29, 1.82) is 0 Å². The van der Waals surface area contributed by atoms with Crippen molar-refractivity contribution in [1.82, 2.24) is 9.88 Å². The summed E-state index contributed by atoms with van der Waals surface area (Å²) in [6.45, 7) is 4.60. The number of benzene rings is 1. The van der Waals surface area contributed by atoms with Gasteiger partial charge in [-0.3, -0.25) is 9.78 Å². The Bertz CT molecular complexity index is 596. The molecule has 0 aliphatic heterocycles. The first-order valence-corrected chi connectivity index (χ1v) is 7.09. The number of carbonyl (C=O) groups is 1. The summed E-state index contributed by atoms with van der Waals surface area (Å²) in [5.74, 6) is -0.00981. The summed E-state index contributed by atoms with van der Waals surface area (Å²) in [5.41, 5.74) is 2.43. The van der Waals surface area contributed by atoms with Crippen LogP contribution in [0.4, 0.5) is 5.69 Å². The fourth-order valence-corrected chi connectivity index (χ4v) is 2.12. The summed E-state index contributed by atoms with van der Waals surface area (Å²) in [4.78, 5) is 18.5. The molecule has 0 atom stereocenters. The van der Waals surface area contributed by atoms with Crippen molar-refractivity contribution < 1.29 is 4.79 Å². The normalized spacial score (nSPS) is 10.5. The van der Waals surface area contributed by atoms with E-state index in [2.05, 4.69) is 24.1 Å². The summed E-state index contributed by atoms with van der Waals surface area (Å²) in [7, 11) is 1.79. The van der Waals surface area contributed by atoms with Gasteiger partial charge in [0.1, 0.15) is 0 Å². The molecule has 1 amide bonds. The summed E-state index contributed by atoms with van der Waals surface area (Å²) >= 11 is 0. The SMILES string of the molecule is CC(C)Nc1ccccc1C(=O)N(C)Cc1ccccn1. The number of aromatic nitrogens is 1. The van der Waals surface area contributed by atoms with E-state index in [9.17, 15) is 4.79 Å². The minimum Gasteiger partial charge on any atom is -0.382 e. The lowest BCUT2D eigenvalue weighted by molar-refractivity contribution is 0.0784. The highest BCUT2D eigenvalue weighted by atomic mass is 16.2. The van der Waals surface area contributed by atoms with Crippen molar-refractivity contribution in [2.24, 2.45) is 0 Å². The van der Waals surface area contributed by atoms with Gasteiger partial charge >= 0.3 is 0 Å². The number of pyridine rings is 1. The van der Waals surface area contributed by atoms with E-state index in [0.717, 1.165) is 11.4 Å². The lowest BCUT2D eigenvalue weighted by Gasteiger charge is -2.20. The van der Waals surface area contributed by atoms with Gasteiger partial charge in [0.15, 0.2) is 0 Å². The van der Waals surface area contributed by atoms with Crippen LogP contribution in [-0.2, 0) is 6.54 Å². The summed E-state index contributed by atoms with van der Waals surface area (Å²) in [6, 6.07) is 13.6. The van der Waals surface area contributed by atoms with E-state index < -0.39 is 0 Å². The van der Waals surface area contributed by atoms with Crippen LogP contribution in [0.2, 0.25) is 0 Å². The molecule has 21 heavy (non-hydrogen) atoms. The molecule has 0 aliphatic rings. The Kier molecular flexibility index (Phi) is 4.93. The van der Waals surface area contributed by atoms with Crippen LogP contribution in [0.15, 0.2) is 48.7 Å². The van der Waals surface area contributed by atoms with E-state index in [1.54, 1.807) is 18.1 Å². The van der Waals surface area contributed by atoms with Gasteiger partial charge in [-0.05, 0) is 38.1 Å². The highest BCUT2D eigenvalue weighted by molar-refractivity contribution is 5.99. The maximum atomic E-state index is 12.6. The zero-order valence-electron chi connectivity index (χ0n) is 12.7. The number of amides is 1. The molecule has 0 saturated carbocycles. The summed E-state index contributed by atoms with van der Waals surface area (Å²) in [6.07, 6.45) is 1.74. The molecule has 4 heteroatoms. The molecule has 0 saturated heterocycles. The van der Waals surface area contributed by atoms with Crippen molar-refractivity contribution in [3.8, 4) is 0 Å². The Hall–Kier alpha value is -2.36. The van der Waals surface area contributed by atoms with E-state index in [1.165, 1.54) is 0 Å². The van der Waals surface area contributed by atoms with Crippen molar-refractivity contribution in [2.75, 3.05) is 12.4 Å². The number of hydrogen-bond acceptors (Lipinski definition) is 3. The van der Waals surface area contributed by atoms with E-state index >= 15 is 0 Å². The minimum atomic E-state index is -0.00981. The fraction of sp³-hybridized carbons (Fsp3) is 0.294. The van der Waals surface area contributed by atoms with E-state index in [-0.39, 0.29) is 11.9 Å². The van der Waals surface area contributed by atoms with Crippen molar-refractivity contribution in [3.63, 3.8) is 0 Å². The zero-order chi connectivity index (χ0) is 15.2. The highest BCUT2D eigenvalue weighted by Gasteiger charge is 2.16. The maximum absolute atomic E-state index is 12.6. The van der Waals surface area contributed by atoms with E-state index in [4.69, 9.17) is 0 Å². The standard InChI is InChI=1S/C17H21N3O/c1-13(2)19-16-10-5-4-9-15(16)17(21)20(3)12-14-8-6-7-11-18-14/h4-11,13,19H,12H2,1-3H3. The van der Waals surface area contributed by atoms with Gasteiger partial charge in [0.05, 0.1) is 17.8 Å². The summed E-state index contributed by atoms with van der Waals surface area (Å²) < 4.78 is 0. The average Bonchev–Trinajstić information content (AvgIpc) is 2.47. The topological polar surface area (TPSA) is 45.2 Å². The molecule has 0 unspecified atom stereocenters. The van der Waals surface area contributed by atoms with Gasteiger partial charge in [-0.25, -0.2) is 0 Å². The predicted molar refractivity (Wildman–Crippen MR) is 85.2 cm³/mol. The molecule has 0 aliphatic carbocycles. The molecule has 1 N–H and O–H groups in total. The lowest BCUT2D eigenvalue weighted by Crippen LogP contribution is -2.28. The molecule has 1 aromatic heterocycles. The second kappa shape index (κ2) is 6.88. The molecule has 1 aromatic carbocycles. The number of carbonyl (C=O) groups excluding carboxylic acids is 1. The van der Waals surface area contributed by atoms with Crippen LogP contribution in [0.1, 0.15) is 29.9 Å². The van der Waals surface area contributed by atoms with Gasteiger partial charge in [-0.1, -0.05) is 18.2 Å². The maximum Gasteiger partial charge on any atom is 0.256 e. The number of nitrogens with zero attached hydrogens (tertiary/aromatic N) is 2. The first-order chi connectivity index (χ1) is 10.1. The number of nitrogens with one attached hydrogen (secondary N) is 1. The van der Waals surface area contributed by atoms with Crippen LogP contribution in [-0.4, -0.2) is 28.9 Å². The van der Waals surface area contributed by atoms with Crippen LogP contribution in [0.3, 0.4) is 0 Å². The second-order valence-corrected chi connectivity index (χ2v) is 5.33. The van der Waals surface area contributed by atoms with Crippen LogP contribution in [0.25, 0.3) is 0 Å². The molecule has 4 nitrogen and oxygen atoms in total. The third-order valence-corrected chi connectivity index (χ3v) is 3.07. The number of hydrogen-bond donors (Lipinski definition) is 1. The predicted octanol–water partition coefficient (Wildman–Crippen LogP) is 3.17. The first-order valence-electron chi connectivity index (χ1n) is 7.09. The number of anilines is 1. The molecule has 1 heterocycles. The highest BCUT2D eigenvalue weighted by Crippen LogP contribution is 2.18. The number of para-hydroxylation sites is 1. The number of rotatable bonds is 5. The van der Waals surface area contributed by atoms with Crippen molar-refractivity contribution in [3.05, 3.63) is 59.9 Å². The molecular weight excluding hydrogens is 262 g/mol. The Morgan fingerprint density at radius 2 is 1.90 bits per heavy atom. The Balaban J connectivity index is 2.16. The molecule has 0 radical (unpaired) electrons. The van der Waals surface area contributed by atoms with Gasteiger partial charge in [-0.2, -0.15) is 0 Å². The third kappa shape index (κ3) is 4.05. The summed E-state index contributed by atoms with van der Waals surface area (Å²) in [5, 5.41) is 3.31.